The van der Waals surface area contributed by atoms with Crippen LogP contribution in [0.2, 0.25) is 0 Å². The van der Waals surface area contributed by atoms with Crippen LogP contribution in [-0.4, -0.2) is 16.9 Å². The molecule has 1 aromatic carbocycles. The lowest BCUT2D eigenvalue weighted by Gasteiger charge is -2.13. The van der Waals surface area contributed by atoms with Gasteiger partial charge in [0.05, 0.1) is 11.9 Å². The number of rotatable bonds is 5. The second kappa shape index (κ2) is 6.68. The molecule has 0 aliphatic rings. The fraction of sp³-hybridized carbons (Fsp3) is 0.200. The molecule has 2 aromatic rings. The van der Waals surface area contributed by atoms with Crippen LogP contribution in [-0.2, 0) is 6.42 Å². The Bertz CT molecular complexity index is 554. The molecule has 0 aliphatic carbocycles. The highest BCUT2D eigenvalue weighted by Crippen LogP contribution is 2.06. The van der Waals surface area contributed by atoms with Crippen LogP contribution >= 0.6 is 0 Å². The van der Waals surface area contributed by atoms with Gasteiger partial charge < -0.3 is 10.7 Å². The van der Waals surface area contributed by atoms with Crippen LogP contribution in [0.5, 0.6) is 0 Å². The molecule has 0 saturated carbocycles. The van der Waals surface area contributed by atoms with Gasteiger partial charge in [0.1, 0.15) is 5.69 Å². The molecule has 0 bridgehead atoms. The average Bonchev–Trinajstić information content (AvgIpc) is 2.48. The molecule has 0 radical (unpaired) electrons. The molecule has 1 unspecified atom stereocenters. The lowest BCUT2D eigenvalue weighted by Crippen LogP contribution is -2.34. The molecule has 0 saturated heterocycles. The fourth-order valence-electron chi connectivity index (χ4n) is 1.93. The van der Waals surface area contributed by atoms with Gasteiger partial charge in [-0.25, -0.2) is 4.98 Å². The van der Waals surface area contributed by atoms with E-state index in [9.17, 15) is 4.79 Å². The van der Waals surface area contributed by atoms with Crippen molar-refractivity contribution in [3.8, 4) is 0 Å². The zero-order chi connectivity index (χ0) is 14.4. The number of nitrogens with one attached hydrogen (secondary N) is 2. The number of hydrogen-bond acceptors (Lipinski definition) is 4. The highest BCUT2D eigenvalue weighted by Gasteiger charge is 2.11. The Morgan fingerprint density at radius 2 is 2.00 bits per heavy atom. The van der Waals surface area contributed by atoms with Crippen molar-refractivity contribution >= 4 is 11.6 Å². The molecule has 5 heteroatoms. The number of aromatic nitrogens is 1. The summed E-state index contributed by atoms with van der Waals surface area (Å²) < 4.78 is 0. The van der Waals surface area contributed by atoms with Gasteiger partial charge in [0.15, 0.2) is 0 Å². The van der Waals surface area contributed by atoms with E-state index in [2.05, 4.69) is 15.7 Å². The van der Waals surface area contributed by atoms with Crippen LogP contribution in [0.15, 0.2) is 48.7 Å². The first-order valence-corrected chi connectivity index (χ1v) is 6.46. The van der Waals surface area contributed by atoms with Crippen LogP contribution in [0.4, 0.5) is 5.69 Å². The van der Waals surface area contributed by atoms with E-state index >= 15 is 0 Å². The molecule has 0 spiro atoms. The molecule has 0 fully saturated rings. The lowest BCUT2D eigenvalue weighted by atomic mass is 10.1. The number of nitrogen functional groups attached to an aromatic ring is 1. The first kappa shape index (κ1) is 14.0. The maximum Gasteiger partial charge on any atom is 0.270 e. The maximum absolute atomic E-state index is 12.0. The summed E-state index contributed by atoms with van der Waals surface area (Å²) in [6.45, 7) is 1.97. The minimum Gasteiger partial charge on any atom is -0.348 e. The number of carbonyl (C=O) groups is 1. The van der Waals surface area contributed by atoms with E-state index in [0.29, 0.717) is 11.4 Å². The lowest BCUT2D eigenvalue weighted by molar-refractivity contribution is 0.0935. The quantitative estimate of drug-likeness (QED) is 0.571. The number of hydrazine groups is 1. The van der Waals surface area contributed by atoms with E-state index in [1.54, 1.807) is 12.1 Å². The number of pyridine rings is 1. The number of nitrogens with zero attached hydrogens (tertiary/aromatic N) is 1. The smallest absolute Gasteiger partial charge is 0.270 e. The first-order valence-electron chi connectivity index (χ1n) is 6.46. The zero-order valence-electron chi connectivity index (χ0n) is 11.3. The number of nitrogens with two attached hydrogens (primary N) is 1. The van der Waals surface area contributed by atoms with Crippen LogP contribution in [0.3, 0.4) is 0 Å². The topological polar surface area (TPSA) is 80.0 Å². The van der Waals surface area contributed by atoms with Crippen molar-refractivity contribution in [1.29, 1.82) is 0 Å². The number of hydrogen-bond donors (Lipinski definition) is 3. The monoisotopic (exact) mass is 270 g/mol. The molecule has 4 N–H and O–H groups in total. The van der Waals surface area contributed by atoms with Crippen molar-refractivity contribution in [2.75, 3.05) is 5.43 Å². The Kier molecular flexibility index (Phi) is 4.68. The molecule has 2 rings (SSSR count). The minimum absolute atomic E-state index is 0.0408. The van der Waals surface area contributed by atoms with Crippen molar-refractivity contribution in [2.45, 2.75) is 19.4 Å². The normalized spacial score (nSPS) is 11.7. The van der Waals surface area contributed by atoms with Crippen molar-refractivity contribution in [3.05, 3.63) is 59.9 Å². The predicted molar refractivity (Wildman–Crippen MR) is 79.1 cm³/mol. The summed E-state index contributed by atoms with van der Waals surface area (Å²) in [5, 5.41) is 2.93. The van der Waals surface area contributed by atoms with Gasteiger partial charge in [0.2, 0.25) is 0 Å². The number of carbonyl (C=O) groups excluding carboxylic acids is 1. The Labute approximate surface area is 118 Å². The molecule has 104 valence electrons. The first-order chi connectivity index (χ1) is 9.69. The fourth-order valence-corrected chi connectivity index (χ4v) is 1.93. The highest BCUT2D eigenvalue weighted by molar-refractivity contribution is 5.92. The van der Waals surface area contributed by atoms with Crippen molar-refractivity contribution in [2.24, 2.45) is 5.84 Å². The molecule has 1 heterocycles. The van der Waals surface area contributed by atoms with Gasteiger partial charge in [-0.15, -0.1) is 0 Å². The summed E-state index contributed by atoms with van der Waals surface area (Å²) in [6.07, 6.45) is 2.31. The van der Waals surface area contributed by atoms with E-state index < -0.39 is 0 Å². The Balaban J connectivity index is 1.93. The van der Waals surface area contributed by atoms with Gasteiger partial charge in [0.25, 0.3) is 5.91 Å². The summed E-state index contributed by atoms with van der Waals surface area (Å²) in [4.78, 5) is 16.1. The van der Waals surface area contributed by atoms with E-state index in [1.807, 2.05) is 37.3 Å². The van der Waals surface area contributed by atoms with Crippen LogP contribution in [0.1, 0.15) is 23.0 Å². The van der Waals surface area contributed by atoms with E-state index in [4.69, 9.17) is 5.84 Å². The Morgan fingerprint density at radius 1 is 1.25 bits per heavy atom. The summed E-state index contributed by atoms with van der Waals surface area (Å²) >= 11 is 0. The van der Waals surface area contributed by atoms with Gasteiger partial charge in [-0.1, -0.05) is 30.3 Å². The van der Waals surface area contributed by atoms with Crippen LogP contribution in [0.25, 0.3) is 0 Å². The summed E-state index contributed by atoms with van der Waals surface area (Å²) in [6, 6.07) is 13.4. The van der Waals surface area contributed by atoms with E-state index in [-0.39, 0.29) is 11.9 Å². The summed E-state index contributed by atoms with van der Waals surface area (Å²) in [5.41, 5.74) is 4.71. The van der Waals surface area contributed by atoms with Crippen molar-refractivity contribution in [3.63, 3.8) is 0 Å². The molecule has 1 aromatic heterocycles. The summed E-state index contributed by atoms with van der Waals surface area (Å²) in [7, 11) is 0. The molecule has 20 heavy (non-hydrogen) atoms. The van der Waals surface area contributed by atoms with E-state index in [1.165, 1.54) is 11.8 Å². The Morgan fingerprint density at radius 3 is 2.60 bits per heavy atom. The van der Waals surface area contributed by atoms with Gasteiger partial charge >= 0.3 is 0 Å². The summed E-state index contributed by atoms with van der Waals surface area (Å²) in [5.74, 6) is 5.07. The predicted octanol–water partition coefficient (Wildman–Crippen LogP) is 1.73. The van der Waals surface area contributed by atoms with Crippen LogP contribution in [0, 0.1) is 0 Å². The van der Waals surface area contributed by atoms with Crippen LogP contribution < -0.4 is 16.6 Å². The molecule has 1 atom stereocenters. The minimum atomic E-state index is -0.183. The SMILES string of the molecule is CC(Cc1ccccc1)NC(=O)c1ccc(NN)cn1. The molecule has 5 nitrogen and oxygen atoms in total. The molecular formula is C15H18N4O. The number of amides is 1. The third kappa shape index (κ3) is 3.80. The number of benzene rings is 1. The standard InChI is InChI=1S/C15H18N4O/c1-11(9-12-5-3-2-4-6-12)18-15(20)14-8-7-13(19-16)10-17-14/h2-8,10-11,19H,9,16H2,1H3,(H,18,20). The highest BCUT2D eigenvalue weighted by atomic mass is 16.1. The maximum atomic E-state index is 12.0. The molecular weight excluding hydrogens is 252 g/mol. The molecule has 1 amide bonds. The largest absolute Gasteiger partial charge is 0.348 e. The Hall–Kier alpha value is -2.40. The van der Waals surface area contributed by atoms with Crippen molar-refractivity contribution < 1.29 is 4.79 Å². The third-order valence-corrected chi connectivity index (χ3v) is 2.92. The van der Waals surface area contributed by atoms with E-state index in [0.717, 1.165) is 6.42 Å². The third-order valence-electron chi connectivity index (χ3n) is 2.92. The number of anilines is 1. The van der Waals surface area contributed by atoms with Gasteiger partial charge in [-0.3, -0.25) is 10.6 Å². The van der Waals surface area contributed by atoms with Gasteiger partial charge in [-0.05, 0) is 31.0 Å². The van der Waals surface area contributed by atoms with Crippen molar-refractivity contribution in [1.82, 2.24) is 10.3 Å². The van der Waals surface area contributed by atoms with Gasteiger partial charge in [0, 0.05) is 6.04 Å². The van der Waals surface area contributed by atoms with Gasteiger partial charge in [-0.2, -0.15) is 0 Å². The zero-order valence-corrected chi connectivity index (χ0v) is 11.3. The second-order valence-electron chi connectivity index (χ2n) is 4.64. The molecule has 0 aliphatic heterocycles. The second-order valence-corrected chi connectivity index (χ2v) is 4.64. The average molecular weight is 270 g/mol.